The Morgan fingerprint density at radius 2 is 1.91 bits per heavy atom. The minimum atomic E-state index is -4.44. The summed E-state index contributed by atoms with van der Waals surface area (Å²) in [5.41, 5.74) is 0. The SMILES string of the molecule is FC(F)(F)OCCCC1CC1. The number of alkyl halides is 3. The van der Waals surface area contributed by atoms with Crippen molar-refractivity contribution in [1.29, 1.82) is 0 Å². The van der Waals surface area contributed by atoms with Gasteiger partial charge in [-0.1, -0.05) is 12.8 Å². The number of hydrogen-bond donors (Lipinski definition) is 0. The second-order valence-corrected chi connectivity index (χ2v) is 2.88. The predicted octanol–water partition coefficient (Wildman–Crippen LogP) is 2.71. The van der Waals surface area contributed by atoms with Gasteiger partial charge >= 0.3 is 6.36 Å². The Labute approximate surface area is 63.5 Å². The highest BCUT2D eigenvalue weighted by Gasteiger charge is 2.29. The molecule has 4 heteroatoms. The molecule has 1 aliphatic carbocycles. The van der Waals surface area contributed by atoms with E-state index in [4.69, 9.17) is 0 Å². The van der Waals surface area contributed by atoms with Crippen LogP contribution in [0.3, 0.4) is 0 Å². The van der Waals surface area contributed by atoms with Gasteiger partial charge in [-0.2, -0.15) is 0 Å². The van der Waals surface area contributed by atoms with Crippen LogP contribution >= 0.6 is 0 Å². The third-order valence-corrected chi connectivity index (χ3v) is 1.72. The first kappa shape index (κ1) is 8.84. The van der Waals surface area contributed by atoms with E-state index in [1.54, 1.807) is 0 Å². The highest BCUT2D eigenvalue weighted by Crippen LogP contribution is 2.33. The Hall–Kier alpha value is -0.250. The van der Waals surface area contributed by atoms with E-state index in [0.29, 0.717) is 12.3 Å². The summed E-state index contributed by atoms with van der Waals surface area (Å²) >= 11 is 0. The van der Waals surface area contributed by atoms with Crippen molar-refractivity contribution in [2.75, 3.05) is 6.61 Å². The van der Waals surface area contributed by atoms with E-state index in [0.717, 1.165) is 6.42 Å². The van der Waals surface area contributed by atoms with Crippen LogP contribution in [-0.2, 0) is 4.74 Å². The topological polar surface area (TPSA) is 9.23 Å². The van der Waals surface area contributed by atoms with E-state index in [-0.39, 0.29) is 6.61 Å². The summed E-state index contributed by atoms with van der Waals surface area (Å²) in [6, 6.07) is 0. The molecule has 0 heterocycles. The molecular weight excluding hydrogens is 157 g/mol. The van der Waals surface area contributed by atoms with Crippen LogP contribution in [0.1, 0.15) is 25.7 Å². The standard InChI is InChI=1S/C7H11F3O/c8-7(9,10)11-5-1-2-6-3-4-6/h6H,1-5H2. The number of ether oxygens (including phenoxy) is 1. The molecule has 0 aromatic heterocycles. The second kappa shape index (κ2) is 3.43. The zero-order chi connectivity index (χ0) is 8.32. The molecule has 0 saturated heterocycles. The molecule has 1 aliphatic rings. The van der Waals surface area contributed by atoms with E-state index >= 15 is 0 Å². The zero-order valence-corrected chi connectivity index (χ0v) is 6.16. The van der Waals surface area contributed by atoms with Gasteiger partial charge in [0.05, 0.1) is 6.61 Å². The molecule has 0 atom stereocenters. The summed E-state index contributed by atoms with van der Waals surface area (Å²) in [4.78, 5) is 0. The number of hydrogen-bond acceptors (Lipinski definition) is 1. The molecule has 0 spiro atoms. The third-order valence-electron chi connectivity index (χ3n) is 1.72. The molecule has 1 rings (SSSR count). The Morgan fingerprint density at radius 3 is 2.36 bits per heavy atom. The second-order valence-electron chi connectivity index (χ2n) is 2.88. The van der Waals surface area contributed by atoms with E-state index in [1.165, 1.54) is 12.8 Å². The molecule has 0 amide bonds. The molecule has 11 heavy (non-hydrogen) atoms. The van der Waals surface area contributed by atoms with E-state index < -0.39 is 6.36 Å². The summed E-state index contributed by atoms with van der Waals surface area (Å²) in [6.45, 7) is -0.181. The van der Waals surface area contributed by atoms with Crippen LogP contribution < -0.4 is 0 Å². The van der Waals surface area contributed by atoms with Crippen LogP contribution in [0.15, 0.2) is 0 Å². The quantitative estimate of drug-likeness (QED) is 0.586. The monoisotopic (exact) mass is 168 g/mol. The van der Waals surface area contributed by atoms with E-state index in [2.05, 4.69) is 4.74 Å². The molecule has 0 unspecified atom stereocenters. The largest absolute Gasteiger partial charge is 0.522 e. The molecule has 0 radical (unpaired) electrons. The van der Waals surface area contributed by atoms with Crippen molar-refractivity contribution < 1.29 is 17.9 Å². The Kier molecular flexibility index (Phi) is 2.76. The molecule has 1 nitrogen and oxygen atoms in total. The molecule has 0 aromatic carbocycles. The van der Waals surface area contributed by atoms with Gasteiger partial charge in [0, 0.05) is 0 Å². The van der Waals surface area contributed by atoms with Crippen LogP contribution in [0.5, 0.6) is 0 Å². The lowest BCUT2D eigenvalue weighted by atomic mass is 10.2. The molecule has 0 aromatic rings. The Balaban J connectivity index is 1.87. The summed E-state index contributed by atoms with van der Waals surface area (Å²) in [7, 11) is 0. The summed E-state index contributed by atoms with van der Waals surface area (Å²) in [6.07, 6.45) is -0.651. The van der Waals surface area contributed by atoms with Crippen molar-refractivity contribution in [3.63, 3.8) is 0 Å². The minimum Gasteiger partial charge on any atom is -0.292 e. The molecule has 1 fully saturated rings. The fourth-order valence-corrected chi connectivity index (χ4v) is 0.966. The minimum absolute atomic E-state index is 0.181. The van der Waals surface area contributed by atoms with Crippen LogP contribution in [-0.4, -0.2) is 13.0 Å². The predicted molar refractivity (Wildman–Crippen MR) is 34.0 cm³/mol. The third kappa shape index (κ3) is 5.07. The molecule has 0 N–H and O–H groups in total. The smallest absolute Gasteiger partial charge is 0.292 e. The lowest BCUT2D eigenvalue weighted by Crippen LogP contribution is -2.14. The maximum absolute atomic E-state index is 11.4. The Bertz CT molecular complexity index is 117. The van der Waals surface area contributed by atoms with Crippen molar-refractivity contribution in [3.8, 4) is 0 Å². The number of halogens is 3. The van der Waals surface area contributed by atoms with Gasteiger partial charge in [-0.05, 0) is 18.8 Å². The summed E-state index contributed by atoms with van der Waals surface area (Å²) in [5.74, 6) is 0.687. The highest BCUT2D eigenvalue weighted by atomic mass is 19.4. The van der Waals surface area contributed by atoms with Crippen molar-refractivity contribution in [3.05, 3.63) is 0 Å². The molecular formula is C7H11F3O. The molecule has 0 bridgehead atoms. The molecule has 66 valence electrons. The molecule has 0 aliphatic heterocycles. The summed E-state index contributed by atoms with van der Waals surface area (Å²) in [5, 5.41) is 0. The van der Waals surface area contributed by atoms with Crippen molar-refractivity contribution in [2.24, 2.45) is 5.92 Å². The van der Waals surface area contributed by atoms with Gasteiger partial charge in [0.15, 0.2) is 0 Å². The fraction of sp³-hybridized carbons (Fsp3) is 1.00. The van der Waals surface area contributed by atoms with Gasteiger partial charge < -0.3 is 0 Å². The Morgan fingerprint density at radius 1 is 1.27 bits per heavy atom. The number of rotatable bonds is 4. The summed E-state index contributed by atoms with van der Waals surface area (Å²) < 4.78 is 37.7. The average Bonchev–Trinajstić information content (AvgIpc) is 2.60. The van der Waals surface area contributed by atoms with E-state index in [1.807, 2.05) is 0 Å². The van der Waals surface area contributed by atoms with Gasteiger partial charge in [-0.25, -0.2) is 0 Å². The van der Waals surface area contributed by atoms with Crippen molar-refractivity contribution >= 4 is 0 Å². The van der Waals surface area contributed by atoms with Gasteiger partial charge in [0.25, 0.3) is 0 Å². The first-order valence-electron chi connectivity index (χ1n) is 3.78. The van der Waals surface area contributed by atoms with Gasteiger partial charge in [-0.15, -0.1) is 13.2 Å². The van der Waals surface area contributed by atoms with Crippen LogP contribution in [0, 0.1) is 5.92 Å². The fourth-order valence-electron chi connectivity index (χ4n) is 0.966. The first-order valence-corrected chi connectivity index (χ1v) is 3.78. The van der Waals surface area contributed by atoms with Crippen LogP contribution in [0.25, 0.3) is 0 Å². The van der Waals surface area contributed by atoms with Gasteiger partial charge in [-0.3, -0.25) is 4.74 Å². The van der Waals surface area contributed by atoms with Crippen molar-refractivity contribution in [1.82, 2.24) is 0 Å². The van der Waals surface area contributed by atoms with Gasteiger partial charge in [0.2, 0.25) is 0 Å². The van der Waals surface area contributed by atoms with Gasteiger partial charge in [0.1, 0.15) is 0 Å². The zero-order valence-electron chi connectivity index (χ0n) is 6.16. The highest BCUT2D eigenvalue weighted by molar-refractivity contribution is 4.72. The van der Waals surface area contributed by atoms with Crippen LogP contribution in [0.2, 0.25) is 0 Å². The first-order chi connectivity index (χ1) is 5.08. The average molecular weight is 168 g/mol. The normalized spacial score (nSPS) is 18.8. The van der Waals surface area contributed by atoms with Crippen LogP contribution in [0.4, 0.5) is 13.2 Å². The maximum atomic E-state index is 11.4. The van der Waals surface area contributed by atoms with E-state index in [9.17, 15) is 13.2 Å². The lowest BCUT2D eigenvalue weighted by molar-refractivity contribution is -0.324. The molecule has 1 saturated carbocycles. The lowest BCUT2D eigenvalue weighted by Gasteiger charge is -2.05. The maximum Gasteiger partial charge on any atom is 0.522 e. The van der Waals surface area contributed by atoms with Crippen molar-refractivity contribution in [2.45, 2.75) is 32.0 Å².